The Kier molecular flexibility index (Phi) is 9.15. The molecular weight excluding hydrogens is 306 g/mol. The summed E-state index contributed by atoms with van der Waals surface area (Å²) in [4.78, 5) is 11.5. The Morgan fingerprint density at radius 3 is 2.58 bits per heavy atom. The SMILES string of the molecule is O=C(CCOc1ccccc1)NCCCCCCBr. The Morgan fingerprint density at radius 2 is 1.84 bits per heavy atom. The largest absolute Gasteiger partial charge is 0.493 e. The van der Waals surface area contributed by atoms with Crippen molar-refractivity contribution in [2.45, 2.75) is 32.1 Å². The fourth-order valence-corrected chi connectivity index (χ4v) is 2.06. The molecule has 106 valence electrons. The summed E-state index contributed by atoms with van der Waals surface area (Å²) in [5.41, 5.74) is 0. The van der Waals surface area contributed by atoms with Crippen molar-refractivity contribution >= 4 is 21.8 Å². The second-order valence-corrected chi connectivity index (χ2v) is 5.16. The quantitative estimate of drug-likeness (QED) is 0.527. The van der Waals surface area contributed by atoms with Crippen LogP contribution in [0.4, 0.5) is 0 Å². The van der Waals surface area contributed by atoms with Gasteiger partial charge in [-0.2, -0.15) is 0 Å². The van der Waals surface area contributed by atoms with E-state index in [9.17, 15) is 4.79 Å². The number of rotatable bonds is 10. The normalized spacial score (nSPS) is 10.2. The van der Waals surface area contributed by atoms with Gasteiger partial charge in [0.1, 0.15) is 5.75 Å². The number of halogens is 1. The Hall–Kier alpha value is -1.03. The smallest absolute Gasteiger partial charge is 0.223 e. The van der Waals surface area contributed by atoms with Gasteiger partial charge in [-0.15, -0.1) is 0 Å². The second-order valence-electron chi connectivity index (χ2n) is 4.36. The molecule has 1 amide bonds. The van der Waals surface area contributed by atoms with Crippen molar-refractivity contribution in [3.05, 3.63) is 30.3 Å². The Bertz CT molecular complexity index is 343. The number of para-hydroxylation sites is 1. The van der Waals surface area contributed by atoms with Gasteiger partial charge in [0.15, 0.2) is 0 Å². The molecule has 0 spiro atoms. The van der Waals surface area contributed by atoms with E-state index >= 15 is 0 Å². The molecule has 0 unspecified atom stereocenters. The van der Waals surface area contributed by atoms with Crippen LogP contribution in [-0.4, -0.2) is 24.4 Å². The molecule has 1 rings (SSSR count). The predicted octanol–water partition coefficient (Wildman–Crippen LogP) is 3.53. The molecule has 0 heterocycles. The van der Waals surface area contributed by atoms with Gasteiger partial charge >= 0.3 is 0 Å². The fraction of sp³-hybridized carbons (Fsp3) is 0.533. The number of carbonyl (C=O) groups is 1. The predicted molar refractivity (Wildman–Crippen MR) is 81.8 cm³/mol. The van der Waals surface area contributed by atoms with Crippen molar-refractivity contribution < 1.29 is 9.53 Å². The zero-order valence-electron chi connectivity index (χ0n) is 11.2. The van der Waals surface area contributed by atoms with Gasteiger partial charge in [-0.25, -0.2) is 0 Å². The van der Waals surface area contributed by atoms with Crippen LogP contribution >= 0.6 is 15.9 Å². The van der Waals surface area contributed by atoms with Crippen LogP contribution in [-0.2, 0) is 4.79 Å². The summed E-state index contributed by atoms with van der Waals surface area (Å²) in [6, 6.07) is 9.56. The first-order valence-corrected chi connectivity index (χ1v) is 7.95. The summed E-state index contributed by atoms with van der Waals surface area (Å²) in [6.07, 6.45) is 5.07. The molecule has 0 bridgehead atoms. The van der Waals surface area contributed by atoms with Gasteiger partial charge in [0.2, 0.25) is 5.91 Å². The average molecular weight is 328 g/mol. The Labute approximate surface area is 123 Å². The topological polar surface area (TPSA) is 38.3 Å². The van der Waals surface area contributed by atoms with Crippen molar-refractivity contribution in [1.29, 1.82) is 0 Å². The van der Waals surface area contributed by atoms with E-state index in [4.69, 9.17) is 4.74 Å². The first-order valence-electron chi connectivity index (χ1n) is 6.83. The fourth-order valence-electron chi connectivity index (χ4n) is 1.67. The third-order valence-electron chi connectivity index (χ3n) is 2.72. The van der Waals surface area contributed by atoms with E-state index in [-0.39, 0.29) is 5.91 Å². The van der Waals surface area contributed by atoms with E-state index in [0.29, 0.717) is 13.0 Å². The first-order chi connectivity index (χ1) is 9.33. The third kappa shape index (κ3) is 8.65. The summed E-state index contributed by atoms with van der Waals surface area (Å²) in [7, 11) is 0. The van der Waals surface area contributed by atoms with Crippen LogP contribution in [0.2, 0.25) is 0 Å². The molecule has 1 N–H and O–H groups in total. The van der Waals surface area contributed by atoms with Crippen molar-refractivity contribution in [2.75, 3.05) is 18.5 Å². The van der Waals surface area contributed by atoms with Crippen molar-refractivity contribution in [1.82, 2.24) is 5.32 Å². The lowest BCUT2D eigenvalue weighted by Gasteiger charge is -2.07. The van der Waals surface area contributed by atoms with Gasteiger partial charge in [0.05, 0.1) is 13.0 Å². The maximum Gasteiger partial charge on any atom is 0.223 e. The molecule has 0 saturated heterocycles. The van der Waals surface area contributed by atoms with Gasteiger partial charge in [-0.1, -0.05) is 47.0 Å². The van der Waals surface area contributed by atoms with Crippen LogP contribution < -0.4 is 10.1 Å². The van der Waals surface area contributed by atoms with E-state index in [2.05, 4.69) is 21.2 Å². The molecule has 0 aliphatic carbocycles. The number of unbranched alkanes of at least 4 members (excludes halogenated alkanes) is 3. The summed E-state index contributed by atoms with van der Waals surface area (Å²) in [6.45, 7) is 1.20. The third-order valence-corrected chi connectivity index (χ3v) is 3.28. The molecule has 1 aromatic carbocycles. The number of nitrogens with one attached hydrogen (secondary N) is 1. The molecule has 0 saturated carbocycles. The van der Waals surface area contributed by atoms with E-state index in [1.54, 1.807) is 0 Å². The first kappa shape index (κ1) is 16.0. The Balaban J connectivity index is 1.96. The highest BCUT2D eigenvalue weighted by Gasteiger charge is 2.01. The standard InChI is InChI=1S/C15H22BrNO2/c16-11-6-1-2-7-12-17-15(18)10-13-19-14-8-4-3-5-9-14/h3-5,8-9H,1-2,6-7,10-13H2,(H,17,18). The zero-order valence-corrected chi connectivity index (χ0v) is 12.8. The highest BCUT2D eigenvalue weighted by Crippen LogP contribution is 2.08. The molecule has 19 heavy (non-hydrogen) atoms. The molecule has 0 atom stereocenters. The van der Waals surface area contributed by atoms with Crippen LogP contribution in [0.5, 0.6) is 5.75 Å². The average Bonchev–Trinajstić information content (AvgIpc) is 2.44. The summed E-state index contributed by atoms with van der Waals surface area (Å²) in [5.74, 6) is 0.876. The number of amides is 1. The lowest BCUT2D eigenvalue weighted by molar-refractivity contribution is -0.121. The molecule has 1 aromatic rings. The minimum Gasteiger partial charge on any atom is -0.493 e. The minimum absolute atomic E-state index is 0.0661. The lowest BCUT2D eigenvalue weighted by Crippen LogP contribution is -2.25. The molecule has 3 nitrogen and oxygen atoms in total. The molecule has 0 aromatic heterocycles. The molecule has 0 radical (unpaired) electrons. The zero-order chi connectivity index (χ0) is 13.8. The molecule has 0 aliphatic heterocycles. The molecule has 0 fully saturated rings. The van der Waals surface area contributed by atoms with Crippen LogP contribution in [0.1, 0.15) is 32.1 Å². The number of hydrogen-bond donors (Lipinski definition) is 1. The highest BCUT2D eigenvalue weighted by atomic mass is 79.9. The van der Waals surface area contributed by atoms with Gasteiger partial charge in [0, 0.05) is 11.9 Å². The van der Waals surface area contributed by atoms with Crippen LogP contribution in [0.15, 0.2) is 30.3 Å². The number of alkyl halides is 1. The van der Waals surface area contributed by atoms with Crippen LogP contribution in [0.25, 0.3) is 0 Å². The summed E-state index contributed by atoms with van der Waals surface area (Å²) >= 11 is 3.41. The minimum atomic E-state index is 0.0661. The van der Waals surface area contributed by atoms with Crippen LogP contribution in [0.3, 0.4) is 0 Å². The lowest BCUT2D eigenvalue weighted by atomic mass is 10.2. The van der Waals surface area contributed by atoms with Gasteiger partial charge in [0.25, 0.3) is 0 Å². The molecule has 4 heteroatoms. The highest BCUT2D eigenvalue weighted by molar-refractivity contribution is 9.09. The maximum absolute atomic E-state index is 11.5. The summed E-state index contributed by atoms with van der Waals surface area (Å²) in [5, 5.41) is 3.98. The van der Waals surface area contributed by atoms with E-state index in [0.717, 1.165) is 24.0 Å². The van der Waals surface area contributed by atoms with E-state index < -0.39 is 0 Å². The number of benzene rings is 1. The summed E-state index contributed by atoms with van der Waals surface area (Å²) < 4.78 is 5.47. The van der Waals surface area contributed by atoms with Gasteiger partial charge in [-0.05, 0) is 25.0 Å². The van der Waals surface area contributed by atoms with Crippen molar-refractivity contribution in [3.8, 4) is 5.75 Å². The van der Waals surface area contributed by atoms with Crippen molar-refractivity contribution in [2.24, 2.45) is 0 Å². The number of carbonyl (C=O) groups excluding carboxylic acids is 1. The van der Waals surface area contributed by atoms with Crippen molar-refractivity contribution in [3.63, 3.8) is 0 Å². The second kappa shape index (κ2) is 10.9. The van der Waals surface area contributed by atoms with Gasteiger partial charge < -0.3 is 10.1 Å². The Morgan fingerprint density at radius 1 is 1.11 bits per heavy atom. The number of hydrogen-bond acceptors (Lipinski definition) is 2. The maximum atomic E-state index is 11.5. The number of ether oxygens (including phenoxy) is 1. The molecule has 0 aliphatic rings. The van der Waals surface area contributed by atoms with Gasteiger partial charge in [-0.3, -0.25) is 4.79 Å². The monoisotopic (exact) mass is 327 g/mol. The molecular formula is C15H22BrNO2. The van der Waals surface area contributed by atoms with E-state index in [1.165, 1.54) is 19.3 Å². The van der Waals surface area contributed by atoms with E-state index in [1.807, 2.05) is 30.3 Å². The van der Waals surface area contributed by atoms with Crippen LogP contribution in [0, 0.1) is 0 Å².